The summed E-state index contributed by atoms with van der Waals surface area (Å²) < 4.78 is 26.8. The fourth-order valence-electron chi connectivity index (χ4n) is 2.89. The average molecular weight is 379 g/mol. The average Bonchev–Trinajstić information content (AvgIpc) is 2.62. The molecule has 0 radical (unpaired) electrons. The van der Waals surface area contributed by atoms with Crippen molar-refractivity contribution < 1.29 is 13.2 Å². The molecule has 7 heteroatoms. The molecule has 0 N–H and O–H groups in total. The summed E-state index contributed by atoms with van der Waals surface area (Å²) in [5.74, 6) is -0.0575. The molecule has 1 amide bonds. The predicted octanol–water partition coefficient (Wildman–Crippen LogP) is 2.80. The maximum atomic E-state index is 12.7. The molecular formula is C18H19ClN2O3S. The number of carbonyl (C=O) groups excluding carboxylic acids is 1. The normalized spacial score (nSPS) is 16.0. The van der Waals surface area contributed by atoms with Crippen LogP contribution in [-0.4, -0.2) is 49.7 Å². The summed E-state index contributed by atoms with van der Waals surface area (Å²) in [6.45, 7) is 3.17. The van der Waals surface area contributed by atoms with Crippen molar-refractivity contribution in [3.05, 3.63) is 64.7 Å². The fraction of sp³-hybridized carbons (Fsp3) is 0.278. The molecular weight excluding hydrogens is 360 g/mol. The highest BCUT2D eigenvalue weighted by atomic mass is 35.5. The number of hydrogen-bond acceptors (Lipinski definition) is 3. The van der Waals surface area contributed by atoms with E-state index in [0.29, 0.717) is 23.7 Å². The van der Waals surface area contributed by atoms with E-state index in [2.05, 4.69) is 0 Å². The molecule has 0 bridgehead atoms. The molecule has 1 aliphatic rings. The first kappa shape index (κ1) is 17.9. The number of carbonyl (C=O) groups is 1. The number of sulfonamides is 1. The Kier molecular flexibility index (Phi) is 5.13. The van der Waals surface area contributed by atoms with Crippen LogP contribution in [0, 0.1) is 6.92 Å². The van der Waals surface area contributed by atoms with Gasteiger partial charge in [0.25, 0.3) is 5.91 Å². The van der Waals surface area contributed by atoms with Crippen molar-refractivity contribution in [2.75, 3.05) is 26.2 Å². The summed E-state index contributed by atoms with van der Waals surface area (Å²) >= 11 is 5.90. The molecule has 0 spiro atoms. The fourth-order valence-corrected chi connectivity index (χ4v) is 4.61. The van der Waals surface area contributed by atoms with E-state index < -0.39 is 10.0 Å². The van der Waals surface area contributed by atoms with Crippen LogP contribution in [0.2, 0.25) is 5.02 Å². The molecule has 1 fully saturated rings. The number of piperazine rings is 1. The van der Waals surface area contributed by atoms with Crippen LogP contribution in [0.5, 0.6) is 0 Å². The zero-order chi connectivity index (χ0) is 18.0. The third-order valence-corrected chi connectivity index (χ3v) is 6.46. The summed E-state index contributed by atoms with van der Waals surface area (Å²) in [5.41, 5.74) is 1.58. The quantitative estimate of drug-likeness (QED) is 0.825. The maximum Gasteiger partial charge on any atom is 0.254 e. The van der Waals surface area contributed by atoms with Gasteiger partial charge in [0, 0.05) is 36.8 Å². The van der Waals surface area contributed by atoms with E-state index >= 15 is 0 Å². The molecule has 132 valence electrons. The van der Waals surface area contributed by atoms with Crippen LogP contribution in [0.3, 0.4) is 0 Å². The van der Waals surface area contributed by atoms with Crippen molar-refractivity contribution in [2.45, 2.75) is 11.8 Å². The smallest absolute Gasteiger partial charge is 0.254 e. The summed E-state index contributed by atoms with van der Waals surface area (Å²) in [6.07, 6.45) is 0. The Bertz CT molecular complexity index is 891. The summed E-state index contributed by atoms with van der Waals surface area (Å²) in [7, 11) is -3.60. The second kappa shape index (κ2) is 7.15. The van der Waals surface area contributed by atoms with Crippen molar-refractivity contribution in [3.63, 3.8) is 0 Å². The first-order valence-electron chi connectivity index (χ1n) is 8.00. The molecule has 0 saturated carbocycles. The van der Waals surface area contributed by atoms with Gasteiger partial charge in [-0.25, -0.2) is 8.42 Å². The molecule has 3 rings (SSSR count). The van der Waals surface area contributed by atoms with Crippen LogP contribution in [-0.2, 0) is 10.0 Å². The van der Waals surface area contributed by atoms with Crippen molar-refractivity contribution >= 4 is 27.5 Å². The molecule has 5 nitrogen and oxygen atoms in total. The largest absolute Gasteiger partial charge is 0.336 e. The van der Waals surface area contributed by atoms with Crippen molar-refractivity contribution in [2.24, 2.45) is 0 Å². The van der Waals surface area contributed by atoms with Crippen LogP contribution < -0.4 is 0 Å². The molecule has 1 saturated heterocycles. The van der Waals surface area contributed by atoms with Gasteiger partial charge in [0.15, 0.2) is 0 Å². The zero-order valence-corrected chi connectivity index (χ0v) is 15.4. The highest BCUT2D eigenvalue weighted by Crippen LogP contribution is 2.21. The minimum absolute atomic E-state index is 0.0575. The van der Waals surface area contributed by atoms with Crippen molar-refractivity contribution in [1.29, 1.82) is 0 Å². The second-order valence-electron chi connectivity index (χ2n) is 5.97. The van der Waals surface area contributed by atoms with Gasteiger partial charge in [0.05, 0.1) is 4.90 Å². The SMILES string of the molecule is Cc1ccccc1C(=O)N1CCN(S(=O)(=O)c2cccc(Cl)c2)CC1. The van der Waals surface area contributed by atoms with Crippen molar-refractivity contribution in [1.82, 2.24) is 9.21 Å². The number of aryl methyl sites for hydroxylation is 1. The van der Waals surface area contributed by atoms with E-state index in [9.17, 15) is 13.2 Å². The number of halogens is 1. The van der Waals surface area contributed by atoms with Gasteiger partial charge in [0.1, 0.15) is 0 Å². The zero-order valence-electron chi connectivity index (χ0n) is 13.9. The Morgan fingerprint density at radius 1 is 1.00 bits per heavy atom. The molecule has 1 aliphatic heterocycles. The Labute approximate surface area is 152 Å². The van der Waals surface area contributed by atoms with E-state index in [-0.39, 0.29) is 23.9 Å². The number of benzene rings is 2. The minimum atomic E-state index is -3.60. The first-order valence-corrected chi connectivity index (χ1v) is 9.82. The van der Waals surface area contributed by atoms with Gasteiger partial charge in [0.2, 0.25) is 10.0 Å². The standard InChI is InChI=1S/C18H19ClN2O3S/c1-14-5-2-3-8-17(14)18(22)20-9-11-21(12-10-20)25(23,24)16-7-4-6-15(19)13-16/h2-8,13H,9-12H2,1H3. The lowest BCUT2D eigenvalue weighted by molar-refractivity contribution is 0.0697. The van der Waals surface area contributed by atoms with Gasteiger partial charge in [-0.05, 0) is 36.8 Å². The Morgan fingerprint density at radius 3 is 2.32 bits per heavy atom. The lowest BCUT2D eigenvalue weighted by Gasteiger charge is -2.34. The summed E-state index contributed by atoms with van der Waals surface area (Å²) in [6, 6.07) is 13.7. The molecule has 2 aromatic carbocycles. The number of amides is 1. The van der Waals surface area contributed by atoms with Gasteiger partial charge in [-0.2, -0.15) is 4.31 Å². The van der Waals surface area contributed by atoms with Crippen LogP contribution in [0.25, 0.3) is 0 Å². The van der Waals surface area contributed by atoms with Crippen molar-refractivity contribution in [3.8, 4) is 0 Å². The predicted molar refractivity (Wildman–Crippen MR) is 97.3 cm³/mol. The summed E-state index contributed by atoms with van der Waals surface area (Å²) in [5, 5.41) is 0.384. The summed E-state index contributed by atoms with van der Waals surface area (Å²) in [4.78, 5) is 14.5. The van der Waals surface area contributed by atoms with E-state index in [4.69, 9.17) is 11.6 Å². The molecule has 1 heterocycles. The Hall–Kier alpha value is -1.89. The Balaban J connectivity index is 1.72. The molecule has 0 aliphatic carbocycles. The topological polar surface area (TPSA) is 57.7 Å². The molecule has 0 aromatic heterocycles. The van der Waals surface area contributed by atoms with E-state index in [1.807, 2.05) is 25.1 Å². The Morgan fingerprint density at radius 2 is 1.68 bits per heavy atom. The van der Waals surface area contributed by atoms with Crippen LogP contribution in [0.4, 0.5) is 0 Å². The number of nitrogens with zero attached hydrogens (tertiary/aromatic N) is 2. The maximum absolute atomic E-state index is 12.7. The van der Waals surface area contributed by atoms with Crippen LogP contribution in [0.15, 0.2) is 53.4 Å². The van der Waals surface area contributed by atoms with Gasteiger partial charge in [-0.3, -0.25) is 4.79 Å². The lowest BCUT2D eigenvalue weighted by atomic mass is 10.1. The molecule has 0 unspecified atom stereocenters. The molecule has 25 heavy (non-hydrogen) atoms. The monoisotopic (exact) mass is 378 g/mol. The van der Waals surface area contributed by atoms with Gasteiger partial charge >= 0.3 is 0 Å². The third kappa shape index (κ3) is 3.71. The highest BCUT2D eigenvalue weighted by molar-refractivity contribution is 7.89. The van der Waals surface area contributed by atoms with Gasteiger partial charge in [-0.1, -0.05) is 35.9 Å². The van der Waals surface area contributed by atoms with Crippen LogP contribution >= 0.6 is 11.6 Å². The lowest BCUT2D eigenvalue weighted by Crippen LogP contribution is -2.50. The number of rotatable bonds is 3. The van der Waals surface area contributed by atoms with Gasteiger partial charge in [-0.15, -0.1) is 0 Å². The minimum Gasteiger partial charge on any atom is -0.336 e. The van der Waals surface area contributed by atoms with Crippen LogP contribution in [0.1, 0.15) is 15.9 Å². The van der Waals surface area contributed by atoms with E-state index in [1.165, 1.54) is 16.4 Å². The highest BCUT2D eigenvalue weighted by Gasteiger charge is 2.30. The molecule has 2 aromatic rings. The van der Waals surface area contributed by atoms with E-state index in [0.717, 1.165) is 5.56 Å². The third-order valence-electron chi connectivity index (χ3n) is 4.34. The number of hydrogen-bond donors (Lipinski definition) is 0. The first-order chi connectivity index (χ1) is 11.9. The van der Waals surface area contributed by atoms with E-state index in [1.54, 1.807) is 23.1 Å². The second-order valence-corrected chi connectivity index (χ2v) is 8.34. The molecule has 0 atom stereocenters. The van der Waals surface area contributed by atoms with Gasteiger partial charge < -0.3 is 4.90 Å².